The molecule has 0 radical (unpaired) electrons. The lowest BCUT2D eigenvalue weighted by Crippen LogP contribution is -2.13. The molecule has 9 nitrogen and oxygen atoms in total. The Morgan fingerprint density at radius 3 is 2.20 bits per heavy atom. The molecule has 0 aliphatic carbocycles. The van der Waals surface area contributed by atoms with Crippen molar-refractivity contribution in [3.63, 3.8) is 0 Å². The number of nitrogens with zero attached hydrogens (tertiary/aromatic N) is 3. The number of rotatable bonds is 11. The standard InChI is InChI=1S/C28H25F3N4O5/c1-37-22-12-18(13-23(38-2)25(22)39-3)24(36)21-15-34-27(40-16-20-6-4-5-11-32-20)35-26(21)33-14-17-7-9-19(10-8-17)28(29,30)31/h4-13,15H,14,16H2,1-3H3,(H,33,34,35). The van der Waals surface area contributed by atoms with Crippen LogP contribution < -0.4 is 24.3 Å². The lowest BCUT2D eigenvalue weighted by atomic mass is 10.0. The van der Waals surface area contributed by atoms with E-state index in [1.54, 1.807) is 18.3 Å². The number of ketones is 1. The fraction of sp³-hybridized carbons (Fsp3) is 0.214. The zero-order valence-electron chi connectivity index (χ0n) is 21.8. The van der Waals surface area contributed by atoms with Gasteiger partial charge >= 0.3 is 12.2 Å². The van der Waals surface area contributed by atoms with Crippen molar-refractivity contribution in [1.82, 2.24) is 15.0 Å². The maximum atomic E-state index is 13.6. The maximum Gasteiger partial charge on any atom is 0.416 e. The van der Waals surface area contributed by atoms with Gasteiger partial charge in [0.25, 0.3) is 0 Å². The van der Waals surface area contributed by atoms with Crippen molar-refractivity contribution in [3.8, 4) is 23.3 Å². The van der Waals surface area contributed by atoms with Gasteiger partial charge in [-0.05, 0) is 42.0 Å². The zero-order chi connectivity index (χ0) is 28.7. The zero-order valence-corrected chi connectivity index (χ0v) is 21.8. The minimum Gasteiger partial charge on any atom is -0.493 e. The van der Waals surface area contributed by atoms with Gasteiger partial charge in [0.15, 0.2) is 17.3 Å². The number of hydrogen-bond acceptors (Lipinski definition) is 9. The largest absolute Gasteiger partial charge is 0.493 e. The third-order valence-corrected chi connectivity index (χ3v) is 5.75. The van der Waals surface area contributed by atoms with Crippen molar-refractivity contribution in [2.24, 2.45) is 0 Å². The van der Waals surface area contributed by atoms with Crippen LogP contribution in [0.4, 0.5) is 19.0 Å². The predicted octanol–water partition coefficient (Wildman–Crippen LogP) is 5.34. The second-order valence-corrected chi connectivity index (χ2v) is 8.32. The molecule has 12 heteroatoms. The van der Waals surface area contributed by atoms with Gasteiger partial charge in [0.05, 0.1) is 38.2 Å². The predicted molar refractivity (Wildman–Crippen MR) is 139 cm³/mol. The molecule has 2 aromatic carbocycles. The summed E-state index contributed by atoms with van der Waals surface area (Å²) in [5.74, 6) is 0.522. The number of aromatic nitrogens is 3. The van der Waals surface area contributed by atoms with Gasteiger partial charge in [0.2, 0.25) is 5.75 Å². The van der Waals surface area contributed by atoms with Crippen LogP contribution in [0.3, 0.4) is 0 Å². The first kappa shape index (κ1) is 28.1. The number of pyridine rings is 1. The second kappa shape index (κ2) is 12.3. The monoisotopic (exact) mass is 554 g/mol. The van der Waals surface area contributed by atoms with Gasteiger partial charge in [-0.15, -0.1) is 0 Å². The second-order valence-electron chi connectivity index (χ2n) is 8.32. The molecule has 0 aliphatic heterocycles. The number of benzene rings is 2. The number of carbonyl (C=O) groups is 1. The fourth-order valence-electron chi connectivity index (χ4n) is 3.72. The number of methoxy groups -OCH3 is 3. The molecule has 0 saturated carbocycles. The van der Waals surface area contributed by atoms with Crippen LogP contribution in [0.15, 0.2) is 67.0 Å². The lowest BCUT2D eigenvalue weighted by Gasteiger charge is -2.15. The van der Waals surface area contributed by atoms with Crippen LogP contribution in [0.2, 0.25) is 0 Å². The molecule has 208 valence electrons. The number of anilines is 1. The van der Waals surface area contributed by atoms with Crippen molar-refractivity contribution in [3.05, 3.63) is 94.9 Å². The van der Waals surface area contributed by atoms with Crippen molar-refractivity contribution in [1.29, 1.82) is 0 Å². The lowest BCUT2D eigenvalue weighted by molar-refractivity contribution is -0.137. The summed E-state index contributed by atoms with van der Waals surface area (Å²) in [5.41, 5.74) is 0.711. The summed E-state index contributed by atoms with van der Waals surface area (Å²) >= 11 is 0. The van der Waals surface area contributed by atoms with E-state index in [-0.39, 0.29) is 47.6 Å². The SMILES string of the molecule is COc1cc(C(=O)c2cnc(OCc3ccccn3)nc2NCc2ccc(C(F)(F)F)cc2)cc(OC)c1OC. The number of ether oxygens (including phenoxy) is 4. The Balaban J connectivity index is 1.65. The molecule has 2 heterocycles. The van der Waals surface area contributed by atoms with Crippen LogP contribution >= 0.6 is 0 Å². The van der Waals surface area contributed by atoms with Crippen molar-refractivity contribution >= 4 is 11.6 Å². The number of carbonyl (C=O) groups excluding carboxylic acids is 1. The molecule has 0 amide bonds. The quantitative estimate of drug-likeness (QED) is 0.246. The van der Waals surface area contributed by atoms with Gasteiger partial charge in [0.1, 0.15) is 12.4 Å². The Kier molecular flexibility index (Phi) is 8.67. The van der Waals surface area contributed by atoms with Crippen LogP contribution in [0.25, 0.3) is 0 Å². The molecule has 0 aliphatic rings. The highest BCUT2D eigenvalue weighted by molar-refractivity contribution is 6.12. The van der Waals surface area contributed by atoms with Crippen molar-refractivity contribution in [2.45, 2.75) is 19.3 Å². The first-order chi connectivity index (χ1) is 19.2. The Labute approximate surface area is 227 Å². The van der Waals surface area contributed by atoms with E-state index in [2.05, 4.69) is 20.3 Å². The highest BCUT2D eigenvalue weighted by Gasteiger charge is 2.30. The normalized spacial score (nSPS) is 11.1. The highest BCUT2D eigenvalue weighted by atomic mass is 19.4. The van der Waals surface area contributed by atoms with E-state index in [1.165, 1.54) is 51.8 Å². The molecule has 1 N–H and O–H groups in total. The number of halogens is 3. The van der Waals surface area contributed by atoms with Crippen LogP contribution in [0.5, 0.6) is 23.3 Å². The van der Waals surface area contributed by atoms with Crippen LogP contribution in [0.1, 0.15) is 32.7 Å². The van der Waals surface area contributed by atoms with Gasteiger partial charge in [-0.2, -0.15) is 18.2 Å². The Hall–Kier alpha value is -4.87. The molecule has 0 spiro atoms. The average molecular weight is 555 g/mol. The molecule has 0 bridgehead atoms. The smallest absolute Gasteiger partial charge is 0.416 e. The van der Waals surface area contributed by atoms with E-state index in [1.807, 2.05) is 6.07 Å². The van der Waals surface area contributed by atoms with E-state index < -0.39 is 17.5 Å². The number of hydrogen-bond donors (Lipinski definition) is 1. The molecule has 4 aromatic rings. The molecule has 2 aromatic heterocycles. The van der Waals surface area contributed by atoms with Crippen LogP contribution in [-0.2, 0) is 19.3 Å². The van der Waals surface area contributed by atoms with Gasteiger partial charge in [-0.25, -0.2) is 4.98 Å². The summed E-state index contributed by atoms with van der Waals surface area (Å²) in [7, 11) is 4.31. The molecular weight excluding hydrogens is 529 g/mol. The maximum absolute atomic E-state index is 13.6. The number of alkyl halides is 3. The average Bonchev–Trinajstić information content (AvgIpc) is 2.98. The summed E-state index contributed by atoms with van der Waals surface area (Å²) in [6.45, 7) is 0.156. The molecular formula is C28H25F3N4O5. The van der Waals surface area contributed by atoms with E-state index in [4.69, 9.17) is 18.9 Å². The first-order valence-electron chi connectivity index (χ1n) is 11.9. The first-order valence-corrected chi connectivity index (χ1v) is 11.9. The molecule has 0 saturated heterocycles. The topological polar surface area (TPSA) is 105 Å². The minimum absolute atomic E-state index is 0.0259. The van der Waals surface area contributed by atoms with E-state index in [0.717, 1.165) is 12.1 Å². The number of nitrogens with one attached hydrogen (secondary N) is 1. The van der Waals surface area contributed by atoms with Crippen molar-refractivity contribution in [2.75, 3.05) is 26.6 Å². The summed E-state index contributed by atoms with van der Waals surface area (Å²) in [6.07, 6.45) is -1.52. The Morgan fingerprint density at radius 1 is 0.925 bits per heavy atom. The van der Waals surface area contributed by atoms with Gasteiger partial charge in [0, 0.05) is 24.5 Å². The summed E-state index contributed by atoms with van der Waals surface area (Å²) < 4.78 is 60.6. The van der Waals surface area contributed by atoms with Gasteiger partial charge in [-0.1, -0.05) is 18.2 Å². The Morgan fingerprint density at radius 2 is 1.62 bits per heavy atom. The van der Waals surface area contributed by atoms with E-state index >= 15 is 0 Å². The molecule has 0 unspecified atom stereocenters. The van der Waals surface area contributed by atoms with E-state index in [9.17, 15) is 18.0 Å². The summed E-state index contributed by atoms with van der Waals surface area (Å²) in [6, 6.07) is 13.0. The van der Waals surface area contributed by atoms with Crippen molar-refractivity contribution < 1.29 is 36.9 Å². The van der Waals surface area contributed by atoms with Gasteiger partial charge in [-0.3, -0.25) is 9.78 Å². The van der Waals surface area contributed by atoms with Gasteiger partial charge < -0.3 is 24.3 Å². The van der Waals surface area contributed by atoms with E-state index in [0.29, 0.717) is 17.0 Å². The summed E-state index contributed by atoms with van der Waals surface area (Å²) in [5, 5.41) is 3.02. The van der Waals surface area contributed by atoms with Crippen LogP contribution in [0, 0.1) is 0 Å². The Bertz CT molecular complexity index is 1440. The molecule has 40 heavy (non-hydrogen) atoms. The third-order valence-electron chi connectivity index (χ3n) is 5.75. The minimum atomic E-state index is -4.45. The highest BCUT2D eigenvalue weighted by Crippen LogP contribution is 2.39. The fourth-order valence-corrected chi connectivity index (χ4v) is 3.72. The van der Waals surface area contributed by atoms with Crippen LogP contribution in [-0.4, -0.2) is 42.1 Å². The molecule has 0 atom stereocenters. The summed E-state index contributed by atoms with van der Waals surface area (Å²) in [4.78, 5) is 26.3. The molecule has 4 rings (SSSR count). The third kappa shape index (κ3) is 6.57. The molecule has 0 fully saturated rings.